The summed E-state index contributed by atoms with van der Waals surface area (Å²) in [7, 11) is 0. The third kappa shape index (κ3) is 2.34. The molecule has 0 saturated heterocycles. The smallest absolute Gasteiger partial charge is 0.269 e. The maximum atomic E-state index is 11.0. The first kappa shape index (κ1) is 11.7. The van der Waals surface area contributed by atoms with Crippen LogP contribution in [0.25, 0.3) is 0 Å². The minimum atomic E-state index is -0.375. The van der Waals surface area contributed by atoms with Gasteiger partial charge in [0.2, 0.25) is 0 Å². The minimum absolute atomic E-state index is 0.253. The van der Waals surface area contributed by atoms with Crippen LogP contribution in [-0.4, -0.2) is 16.7 Å². The van der Waals surface area contributed by atoms with Crippen LogP contribution in [0.1, 0.15) is 26.3 Å². The van der Waals surface area contributed by atoms with Crippen molar-refractivity contribution in [1.29, 1.82) is 0 Å². The van der Waals surface area contributed by atoms with E-state index in [1.165, 1.54) is 6.92 Å². The van der Waals surface area contributed by atoms with E-state index in [2.05, 4.69) is 0 Å². The lowest BCUT2D eigenvalue weighted by Crippen LogP contribution is -2.38. The van der Waals surface area contributed by atoms with Gasteiger partial charge in [0.1, 0.15) is 5.60 Å². The van der Waals surface area contributed by atoms with Crippen LogP contribution in [0.2, 0.25) is 0 Å². The lowest BCUT2D eigenvalue weighted by Gasteiger charge is -2.19. The summed E-state index contributed by atoms with van der Waals surface area (Å²) in [4.78, 5) is 16.3. The van der Waals surface area contributed by atoms with Crippen molar-refractivity contribution < 1.29 is 14.4 Å². The number of hydrogen-bond donors (Lipinski definition) is 1. The molecular weight excluding hydrogens is 220 g/mol. The van der Waals surface area contributed by atoms with Crippen LogP contribution in [0.4, 0.5) is 0 Å². The highest BCUT2D eigenvalue weighted by atomic mass is 16.7. The lowest BCUT2D eigenvalue weighted by atomic mass is 10.0. The van der Waals surface area contributed by atoms with Gasteiger partial charge in [0.15, 0.2) is 11.5 Å². The zero-order valence-corrected chi connectivity index (χ0v) is 10.2. The molecule has 1 amide bonds. The normalized spacial score (nSPS) is 16.0. The van der Waals surface area contributed by atoms with Crippen molar-refractivity contribution in [3.05, 3.63) is 23.8 Å². The van der Waals surface area contributed by atoms with E-state index in [4.69, 9.17) is 15.4 Å². The van der Waals surface area contributed by atoms with E-state index in [9.17, 15) is 4.79 Å². The second kappa shape index (κ2) is 3.92. The molecule has 1 aliphatic rings. The molecule has 0 saturated carbocycles. The Morgan fingerprint density at radius 1 is 1.53 bits per heavy atom. The average Bonchev–Trinajstić information content (AvgIpc) is 2.53. The number of rotatable bonds is 2. The number of hydrogen-bond acceptors (Lipinski definition) is 4. The van der Waals surface area contributed by atoms with Gasteiger partial charge in [-0.25, -0.2) is 5.84 Å². The quantitative estimate of drug-likeness (QED) is 0.479. The van der Waals surface area contributed by atoms with Gasteiger partial charge in [-0.3, -0.25) is 4.79 Å². The first-order valence-corrected chi connectivity index (χ1v) is 5.43. The number of nitrogens with two attached hydrogens (primary N) is 1. The van der Waals surface area contributed by atoms with E-state index >= 15 is 0 Å². The van der Waals surface area contributed by atoms with Crippen LogP contribution in [0.3, 0.4) is 0 Å². The zero-order valence-electron chi connectivity index (χ0n) is 10.2. The van der Waals surface area contributed by atoms with Crippen molar-refractivity contribution >= 4 is 5.91 Å². The molecule has 0 unspecified atom stereocenters. The Hall–Kier alpha value is -1.75. The molecule has 0 aliphatic carbocycles. The van der Waals surface area contributed by atoms with E-state index in [1.807, 2.05) is 26.0 Å². The number of ether oxygens (including phenoxy) is 1. The second-order valence-corrected chi connectivity index (χ2v) is 4.72. The predicted octanol–water partition coefficient (Wildman–Crippen LogP) is 1.42. The minimum Gasteiger partial charge on any atom is -0.483 e. The molecule has 0 bridgehead atoms. The highest BCUT2D eigenvalue weighted by molar-refractivity contribution is 5.71. The van der Waals surface area contributed by atoms with Crippen molar-refractivity contribution in [2.45, 2.75) is 32.8 Å². The van der Waals surface area contributed by atoms with E-state index in [0.29, 0.717) is 16.7 Å². The van der Waals surface area contributed by atoms with E-state index in [1.54, 1.807) is 6.07 Å². The number of carbonyl (C=O) groups is 1. The van der Waals surface area contributed by atoms with Crippen molar-refractivity contribution in [3.63, 3.8) is 0 Å². The molecule has 0 aromatic heterocycles. The molecule has 0 atom stereocenters. The van der Waals surface area contributed by atoms with Crippen LogP contribution in [-0.2, 0) is 11.2 Å². The van der Waals surface area contributed by atoms with Gasteiger partial charge in [-0.05, 0) is 19.9 Å². The third-order valence-electron chi connectivity index (χ3n) is 2.56. The number of fused-ring (bicyclic) bond motifs is 1. The Labute approximate surface area is 100 Å². The standard InChI is InChI=1S/C12H16N2O3/c1-8(15)14(13)17-10-6-4-5-9-7-12(2,3)16-11(9)10/h4-6H,7,13H2,1-3H3. The third-order valence-corrected chi connectivity index (χ3v) is 2.56. The molecule has 17 heavy (non-hydrogen) atoms. The SMILES string of the molecule is CC(=O)N(N)Oc1cccc2c1OC(C)(C)C2. The molecule has 2 rings (SSSR count). The van der Waals surface area contributed by atoms with E-state index < -0.39 is 0 Å². The summed E-state index contributed by atoms with van der Waals surface area (Å²) in [5.74, 6) is 6.17. The molecule has 92 valence electrons. The van der Waals surface area contributed by atoms with Gasteiger partial charge in [-0.15, -0.1) is 5.17 Å². The number of benzene rings is 1. The van der Waals surface area contributed by atoms with Gasteiger partial charge in [0.05, 0.1) is 0 Å². The Morgan fingerprint density at radius 2 is 2.24 bits per heavy atom. The second-order valence-electron chi connectivity index (χ2n) is 4.72. The Kier molecular flexibility index (Phi) is 2.71. The maximum Gasteiger partial charge on any atom is 0.269 e. The Morgan fingerprint density at radius 3 is 2.88 bits per heavy atom. The monoisotopic (exact) mass is 236 g/mol. The summed E-state index contributed by atoms with van der Waals surface area (Å²) in [5, 5.41) is 0.699. The van der Waals surface area contributed by atoms with Crippen LogP contribution >= 0.6 is 0 Å². The highest BCUT2D eigenvalue weighted by Crippen LogP contribution is 2.41. The molecule has 1 aromatic rings. The van der Waals surface area contributed by atoms with Crippen molar-refractivity contribution in [2.75, 3.05) is 0 Å². The summed E-state index contributed by atoms with van der Waals surface area (Å²) >= 11 is 0. The number of amides is 1. The maximum absolute atomic E-state index is 11.0. The van der Waals surface area contributed by atoms with Crippen LogP contribution < -0.4 is 15.4 Å². The fourth-order valence-electron chi connectivity index (χ4n) is 1.83. The molecule has 1 heterocycles. The topological polar surface area (TPSA) is 64.8 Å². The van der Waals surface area contributed by atoms with Gasteiger partial charge in [0, 0.05) is 18.9 Å². The summed E-state index contributed by atoms with van der Waals surface area (Å²) < 4.78 is 5.79. The van der Waals surface area contributed by atoms with Gasteiger partial charge in [-0.1, -0.05) is 12.1 Å². The zero-order chi connectivity index (χ0) is 12.6. The van der Waals surface area contributed by atoms with Crippen LogP contribution in [0, 0.1) is 0 Å². The average molecular weight is 236 g/mol. The number of nitrogens with zero attached hydrogens (tertiary/aromatic N) is 1. The van der Waals surface area contributed by atoms with Crippen molar-refractivity contribution in [1.82, 2.24) is 5.17 Å². The molecule has 0 radical (unpaired) electrons. The van der Waals surface area contributed by atoms with E-state index in [-0.39, 0.29) is 11.5 Å². The fraction of sp³-hybridized carbons (Fsp3) is 0.417. The van der Waals surface area contributed by atoms with Crippen molar-refractivity contribution in [2.24, 2.45) is 5.84 Å². The molecule has 1 aromatic carbocycles. The first-order chi connectivity index (χ1) is 7.89. The number of para-hydroxylation sites is 1. The Balaban J connectivity index is 2.27. The van der Waals surface area contributed by atoms with Gasteiger partial charge in [0.25, 0.3) is 5.91 Å². The summed E-state index contributed by atoms with van der Waals surface area (Å²) in [6, 6.07) is 5.56. The van der Waals surface area contributed by atoms with Gasteiger partial charge >= 0.3 is 0 Å². The first-order valence-electron chi connectivity index (χ1n) is 5.43. The summed E-state index contributed by atoms with van der Waals surface area (Å²) in [6.45, 7) is 5.33. The number of hydroxylamine groups is 1. The number of carbonyl (C=O) groups excluding carboxylic acids is 1. The summed E-state index contributed by atoms with van der Waals surface area (Å²) in [6.07, 6.45) is 0.810. The van der Waals surface area contributed by atoms with Gasteiger partial charge in [-0.2, -0.15) is 0 Å². The molecule has 0 fully saturated rings. The van der Waals surface area contributed by atoms with Gasteiger partial charge < -0.3 is 9.57 Å². The summed E-state index contributed by atoms with van der Waals surface area (Å²) in [5.41, 5.74) is 0.807. The molecule has 0 spiro atoms. The van der Waals surface area contributed by atoms with Crippen molar-refractivity contribution in [3.8, 4) is 11.5 Å². The Bertz CT molecular complexity index is 457. The highest BCUT2D eigenvalue weighted by Gasteiger charge is 2.32. The fourth-order valence-corrected chi connectivity index (χ4v) is 1.83. The van der Waals surface area contributed by atoms with Crippen LogP contribution in [0.15, 0.2) is 18.2 Å². The molecule has 1 aliphatic heterocycles. The number of hydrazine groups is 1. The predicted molar refractivity (Wildman–Crippen MR) is 62.2 cm³/mol. The largest absolute Gasteiger partial charge is 0.483 e. The van der Waals surface area contributed by atoms with E-state index in [0.717, 1.165) is 12.0 Å². The molecule has 5 heteroatoms. The van der Waals surface area contributed by atoms with Crippen LogP contribution in [0.5, 0.6) is 11.5 Å². The molecule has 5 nitrogen and oxygen atoms in total. The molecular formula is C12H16N2O3. The lowest BCUT2D eigenvalue weighted by molar-refractivity contribution is -0.155. The molecule has 2 N–H and O–H groups in total.